The van der Waals surface area contributed by atoms with Crippen LogP contribution in [-0.4, -0.2) is 29.1 Å². The van der Waals surface area contributed by atoms with Crippen molar-refractivity contribution in [2.75, 3.05) is 13.1 Å². The van der Waals surface area contributed by atoms with Gasteiger partial charge in [0, 0.05) is 12.3 Å². The Morgan fingerprint density at radius 2 is 2.25 bits per heavy atom. The minimum atomic E-state index is -1.01. The molecule has 1 aliphatic heterocycles. The first-order chi connectivity index (χ1) is 7.72. The Kier molecular flexibility index (Phi) is 3.24. The largest absolute Gasteiger partial charge is 0.475 e. The zero-order valence-corrected chi connectivity index (χ0v) is 9.32. The third-order valence-corrected chi connectivity index (χ3v) is 2.92. The molecule has 1 saturated heterocycles. The summed E-state index contributed by atoms with van der Waals surface area (Å²) in [7, 11) is 0. The molecule has 5 nitrogen and oxygen atoms in total. The highest BCUT2D eigenvalue weighted by atomic mass is 16.4. The molecule has 5 heteroatoms. The van der Waals surface area contributed by atoms with Crippen LogP contribution < -0.4 is 5.32 Å². The van der Waals surface area contributed by atoms with E-state index in [1.54, 1.807) is 0 Å². The number of oxazole rings is 1. The highest BCUT2D eigenvalue weighted by Gasteiger charge is 2.26. The fourth-order valence-electron chi connectivity index (χ4n) is 2.05. The predicted molar refractivity (Wildman–Crippen MR) is 57.7 cm³/mol. The molecular formula is C11H16N2O3. The van der Waals surface area contributed by atoms with Gasteiger partial charge >= 0.3 is 5.97 Å². The van der Waals surface area contributed by atoms with E-state index >= 15 is 0 Å². The number of carboxylic acids is 1. The van der Waals surface area contributed by atoms with Crippen LogP contribution in [0.3, 0.4) is 0 Å². The van der Waals surface area contributed by atoms with Gasteiger partial charge in [-0.15, -0.1) is 0 Å². The second-order valence-corrected chi connectivity index (χ2v) is 4.00. The van der Waals surface area contributed by atoms with Crippen molar-refractivity contribution in [3.05, 3.63) is 17.3 Å². The third kappa shape index (κ3) is 2.09. The lowest BCUT2D eigenvalue weighted by atomic mass is 9.93. The minimum absolute atomic E-state index is 0.0313. The average molecular weight is 224 g/mol. The summed E-state index contributed by atoms with van der Waals surface area (Å²) in [5, 5.41) is 12.3. The van der Waals surface area contributed by atoms with Crippen LogP contribution >= 0.6 is 0 Å². The van der Waals surface area contributed by atoms with Crippen LogP contribution in [-0.2, 0) is 6.42 Å². The summed E-state index contributed by atoms with van der Waals surface area (Å²) < 4.78 is 5.25. The molecule has 2 rings (SSSR count). The highest BCUT2D eigenvalue weighted by Crippen LogP contribution is 2.28. The minimum Gasteiger partial charge on any atom is -0.475 e. The van der Waals surface area contributed by atoms with Gasteiger partial charge < -0.3 is 14.8 Å². The topological polar surface area (TPSA) is 75.4 Å². The van der Waals surface area contributed by atoms with E-state index in [9.17, 15) is 4.79 Å². The van der Waals surface area contributed by atoms with Crippen LogP contribution in [0.4, 0.5) is 0 Å². The van der Waals surface area contributed by atoms with Gasteiger partial charge in [-0.25, -0.2) is 9.78 Å². The lowest BCUT2D eigenvalue weighted by molar-refractivity contribution is 0.0657. The first-order valence-electron chi connectivity index (χ1n) is 5.66. The number of carbonyl (C=O) groups is 1. The maximum absolute atomic E-state index is 11.0. The number of aromatic carboxylic acids is 1. The molecular weight excluding hydrogens is 208 g/mol. The zero-order valence-electron chi connectivity index (χ0n) is 9.32. The van der Waals surface area contributed by atoms with Crippen LogP contribution in [0.5, 0.6) is 0 Å². The number of nitrogens with one attached hydrogen (secondary N) is 1. The van der Waals surface area contributed by atoms with Crippen molar-refractivity contribution in [1.82, 2.24) is 10.3 Å². The summed E-state index contributed by atoms with van der Waals surface area (Å²) in [5.74, 6) is -0.244. The molecule has 0 spiro atoms. The number of hydrogen-bond donors (Lipinski definition) is 2. The molecule has 0 bridgehead atoms. The normalized spacial score (nSPS) is 17.6. The molecule has 0 aliphatic carbocycles. The van der Waals surface area contributed by atoms with Gasteiger partial charge in [-0.2, -0.15) is 0 Å². The lowest BCUT2D eigenvalue weighted by Gasteiger charge is -2.20. The van der Waals surface area contributed by atoms with E-state index in [4.69, 9.17) is 9.52 Å². The van der Waals surface area contributed by atoms with E-state index in [0.29, 0.717) is 18.0 Å². The summed E-state index contributed by atoms with van der Waals surface area (Å²) in [6.45, 7) is 3.74. The Morgan fingerprint density at radius 1 is 1.56 bits per heavy atom. The number of hydrogen-bond acceptors (Lipinski definition) is 4. The number of carboxylic acid groups (broad SMARTS) is 1. The molecule has 0 atom stereocenters. The van der Waals surface area contributed by atoms with Gasteiger partial charge in [0.1, 0.15) is 0 Å². The summed E-state index contributed by atoms with van der Waals surface area (Å²) >= 11 is 0. The van der Waals surface area contributed by atoms with Gasteiger partial charge in [-0.3, -0.25) is 0 Å². The van der Waals surface area contributed by atoms with E-state index in [1.165, 1.54) is 0 Å². The number of rotatable bonds is 3. The van der Waals surface area contributed by atoms with Crippen LogP contribution in [0.2, 0.25) is 0 Å². The number of piperidine rings is 1. The summed E-state index contributed by atoms with van der Waals surface area (Å²) in [6, 6.07) is 0. The predicted octanol–water partition coefficient (Wildman–Crippen LogP) is 1.40. The van der Waals surface area contributed by atoms with Crippen molar-refractivity contribution >= 4 is 5.97 Å². The molecule has 0 radical (unpaired) electrons. The molecule has 0 amide bonds. The van der Waals surface area contributed by atoms with Crippen molar-refractivity contribution < 1.29 is 14.3 Å². The molecule has 1 aromatic heterocycles. The van der Waals surface area contributed by atoms with Crippen molar-refractivity contribution in [3.8, 4) is 0 Å². The third-order valence-electron chi connectivity index (χ3n) is 2.92. The van der Waals surface area contributed by atoms with Gasteiger partial charge in [0.05, 0.1) is 5.69 Å². The van der Waals surface area contributed by atoms with Crippen molar-refractivity contribution in [1.29, 1.82) is 0 Å². The average Bonchev–Trinajstić information content (AvgIpc) is 2.74. The van der Waals surface area contributed by atoms with E-state index in [1.807, 2.05) is 6.92 Å². The van der Waals surface area contributed by atoms with Crippen molar-refractivity contribution in [3.63, 3.8) is 0 Å². The quantitative estimate of drug-likeness (QED) is 0.811. The summed E-state index contributed by atoms with van der Waals surface area (Å²) in [5.41, 5.74) is 0.630. The number of aryl methyl sites for hydroxylation is 1. The van der Waals surface area contributed by atoms with Crippen LogP contribution in [0.25, 0.3) is 0 Å². The van der Waals surface area contributed by atoms with Crippen molar-refractivity contribution in [2.24, 2.45) is 0 Å². The second-order valence-electron chi connectivity index (χ2n) is 4.00. The van der Waals surface area contributed by atoms with Gasteiger partial charge in [-0.05, 0) is 25.9 Å². The molecule has 1 fully saturated rings. The molecule has 1 aliphatic rings. The first-order valence-corrected chi connectivity index (χ1v) is 5.66. The maximum atomic E-state index is 11.0. The molecule has 88 valence electrons. The molecule has 2 heterocycles. The summed E-state index contributed by atoms with van der Waals surface area (Å²) in [6.07, 6.45) is 2.48. The van der Waals surface area contributed by atoms with Gasteiger partial charge in [0.15, 0.2) is 5.89 Å². The van der Waals surface area contributed by atoms with E-state index in [-0.39, 0.29) is 11.7 Å². The maximum Gasteiger partial charge on any atom is 0.373 e. The van der Waals surface area contributed by atoms with Crippen LogP contribution in [0.15, 0.2) is 4.42 Å². The van der Waals surface area contributed by atoms with Crippen LogP contribution in [0.1, 0.15) is 47.8 Å². The Balaban J connectivity index is 2.29. The SMILES string of the molecule is CCc1nc(C2CCNCC2)c(C(=O)O)o1. The Morgan fingerprint density at radius 3 is 2.81 bits per heavy atom. The van der Waals surface area contributed by atoms with Gasteiger partial charge in [0.2, 0.25) is 5.76 Å². The van der Waals surface area contributed by atoms with Crippen molar-refractivity contribution in [2.45, 2.75) is 32.1 Å². The van der Waals surface area contributed by atoms with E-state index in [2.05, 4.69) is 10.3 Å². The Hall–Kier alpha value is -1.36. The Bertz CT molecular complexity index is 381. The Labute approximate surface area is 93.9 Å². The van der Waals surface area contributed by atoms with Gasteiger partial charge in [0.25, 0.3) is 0 Å². The van der Waals surface area contributed by atoms with Gasteiger partial charge in [-0.1, -0.05) is 6.92 Å². The number of aromatic nitrogens is 1. The molecule has 16 heavy (non-hydrogen) atoms. The highest BCUT2D eigenvalue weighted by molar-refractivity contribution is 5.85. The standard InChI is InChI=1S/C11H16N2O3/c1-2-8-13-9(10(16-8)11(14)15)7-3-5-12-6-4-7/h7,12H,2-6H2,1H3,(H,14,15). The molecule has 0 saturated carbocycles. The lowest BCUT2D eigenvalue weighted by Crippen LogP contribution is -2.27. The molecule has 0 aromatic carbocycles. The first kappa shape index (κ1) is 11.1. The molecule has 1 aromatic rings. The molecule has 2 N–H and O–H groups in total. The summed E-state index contributed by atoms with van der Waals surface area (Å²) in [4.78, 5) is 15.3. The fourth-order valence-corrected chi connectivity index (χ4v) is 2.05. The fraction of sp³-hybridized carbons (Fsp3) is 0.636. The zero-order chi connectivity index (χ0) is 11.5. The van der Waals surface area contributed by atoms with Crippen LogP contribution in [0, 0.1) is 0 Å². The van der Waals surface area contributed by atoms with E-state index in [0.717, 1.165) is 25.9 Å². The van der Waals surface area contributed by atoms with E-state index < -0.39 is 5.97 Å². The second kappa shape index (κ2) is 4.65. The smallest absolute Gasteiger partial charge is 0.373 e. The molecule has 0 unspecified atom stereocenters. The number of nitrogens with zero attached hydrogens (tertiary/aromatic N) is 1. The monoisotopic (exact) mass is 224 g/mol.